The molecule has 1 aromatic carbocycles. The molecule has 0 saturated carbocycles. The number of nitrogens with zero attached hydrogens (tertiary/aromatic N) is 6. The highest BCUT2D eigenvalue weighted by Gasteiger charge is 2.22. The molecule has 1 aliphatic rings. The van der Waals surface area contributed by atoms with E-state index in [1.165, 1.54) is 18.5 Å². The number of imidazole rings is 1. The highest BCUT2D eigenvalue weighted by Crippen LogP contribution is 2.23. The second-order valence-corrected chi connectivity index (χ2v) is 6.13. The maximum absolute atomic E-state index is 13.7. The molecule has 4 rings (SSSR count). The van der Waals surface area contributed by atoms with Gasteiger partial charge in [-0.15, -0.1) is 0 Å². The number of piperazine rings is 1. The van der Waals surface area contributed by atoms with Crippen molar-refractivity contribution in [3.63, 3.8) is 0 Å². The maximum Gasteiger partial charge on any atom is 0.251 e. The Morgan fingerprint density at radius 2 is 1.85 bits per heavy atom. The van der Waals surface area contributed by atoms with Crippen LogP contribution >= 0.6 is 0 Å². The lowest BCUT2D eigenvalue weighted by Crippen LogP contribution is -2.47. The fourth-order valence-corrected chi connectivity index (χ4v) is 3.07. The van der Waals surface area contributed by atoms with E-state index in [4.69, 9.17) is 11.0 Å². The van der Waals surface area contributed by atoms with Crippen LogP contribution in [0.1, 0.15) is 15.9 Å². The summed E-state index contributed by atoms with van der Waals surface area (Å²) in [6.07, 6.45) is 2.99. The van der Waals surface area contributed by atoms with Crippen LogP contribution in [0.25, 0.3) is 11.0 Å². The summed E-state index contributed by atoms with van der Waals surface area (Å²) in [6.45, 7) is 2.58. The van der Waals surface area contributed by atoms with E-state index in [2.05, 4.69) is 19.9 Å². The van der Waals surface area contributed by atoms with Gasteiger partial charge in [0, 0.05) is 26.2 Å². The fraction of sp³-hybridized carbons (Fsp3) is 0.235. The van der Waals surface area contributed by atoms with Gasteiger partial charge in [0.15, 0.2) is 0 Å². The molecule has 0 spiro atoms. The lowest BCUT2D eigenvalue weighted by atomic mass is 10.1. The van der Waals surface area contributed by atoms with Crippen LogP contribution in [0.3, 0.4) is 0 Å². The molecule has 1 aliphatic heterocycles. The Balaban J connectivity index is 1.53. The summed E-state index contributed by atoms with van der Waals surface area (Å²) < 4.78 is 13.7. The molecule has 0 radical (unpaired) electrons. The van der Waals surface area contributed by atoms with Gasteiger partial charge in [-0.1, -0.05) is 0 Å². The van der Waals surface area contributed by atoms with Gasteiger partial charge < -0.3 is 20.5 Å². The van der Waals surface area contributed by atoms with Crippen molar-refractivity contribution in [3.8, 4) is 6.07 Å². The first-order valence-electron chi connectivity index (χ1n) is 8.26. The molecule has 2 aromatic heterocycles. The standard InChI is InChI=1S/C17H15FN8O/c18-11-5-12(15(20)27)14-13(6-11)23-17(24-14)26-3-1-25(2-4-26)16-21-8-10(7-19)9-22-16/h5-6,8-9H,1-4H2,(H2,20,27)(H,23,24). The molecule has 3 heterocycles. The van der Waals surface area contributed by atoms with Crippen molar-refractivity contribution >= 4 is 28.8 Å². The van der Waals surface area contributed by atoms with Gasteiger partial charge in [-0.2, -0.15) is 5.26 Å². The third-order valence-corrected chi connectivity index (χ3v) is 4.43. The predicted molar refractivity (Wildman–Crippen MR) is 95.7 cm³/mol. The van der Waals surface area contributed by atoms with Gasteiger partial charge in [0.1, 0.15) is 17.4 Å². The number of amides is 1. The van der Waals surface area contributed by atoms with Crippen LogP contribution in [0.5, 0.6) is 0 Å². The third kappa shape index (κ3) is 3.10. The number of nitrogens with two attached hydrogens (primary N) is 1. The van der Waals surface area contributed by atoms with Gasteiger partial charge in [-0.25, -0.2) is 19.3 Å². The van der Waals surface area contributed by atoms with Gasteiger partial charge in [-0.3, -0.25) is 4.79 Å². The Morgan fingerprint density at radius 3 is 2.48 bits per heavy atom. The number of nitriles is 1. The van der Waals surface area contributed by atoms with Crippen LogP contribution in [-0.4, -0.2) is 52.0 Å². The SMILES string of the molecule is N#Cc1cnc(N2CCN(c3nc4c(C(N)=O)cc(F)cc4[nH]3)CC2)nc1. The Bertz CT molecular complexity index is 1050. The minimum absolute atomic E-state index is 0.0529. The summed E-state index contributed by atoms with van der Waals surface area (Å²) in [5.74, 6) is -0.149. The van der Waals surface area contributed by atoms with Gasteiger partial charge in [-0.05, 0) is 12.1 Å². The van der Waals surface area contributed by atoms with Gasteiger partial charge in [0.25, 0.3) is 5.91 Å². The first-order chi connectivity index (χ1) is 13.0. The number of hydrogen-bond donors (Lipinski definition) is 2. The molecule has 1 amide bonds. The highest BCUT2D eigenvalue weighted by atomic mass is 19.1. The van der Waals surface area contributed by atoms with Crippen molar-refractivity contribution in [2.24, 2.45) is 5.73 Å². The van der Waals surface area contributed by atoms with Crippen LogP contribution in [0, 0.1) is 17.1 Å². The highest BCUT2D eigenvalue weighted by molar-refractivity contribution is 6.04. The van der Waals surface area contributed by atoms with Crippen molar-refractivity contribution in [1.82, 2.24) is 19.9 Å². The number of aromatic nitrogens is 4. The molecular formula is C17H15FN8O. The Labute approximate surface area is 153 Å². The molecular weight excluding hydrogens is 351 g/mol. The van der Waals surface area contributed by atoms with Gasteiger partial charge in [0.05, 0.1) is 29.0 Å². The summed E-state index contributed by atoms with van der Waals surface area (Å²) >= 11 is 0. The molecule has 0 unspecified atom stereocenters. The van der Waals surface area contributed by atoms with Crippen molar-refractivity contribution in [2.45, 2.75) is 0 Å². The topological polar surface area (TPSA) is 128 Å². The van der Waals surface area contributed by atoms with E-state index in [9.17, 15) is 9.18 Å². The third-order valence-electron chi connectivity index (χ3n) is 4.43. The van der Waals surface area contributed by atoms with Crippen LogP contribution in [0.15, 0.2) is 24.5 Å². The lowest BCUT2D eigenvalue weighted by Gasteiger charge is -2.34. The number of H-pyrrole nitrogens is 1. The molecule has 136 valence electrons. The van der Waals surface area contributed by atoms with Crippen LogP contribution in [0.2, 0.25) is 0 Å². The minimum Gasteiger partial charge on any atom is -0.366 e. The first kappa shape index (κ1) is 16.7. The monoisotopic (exact) mass is 366 g/mol. The lowest BCUT2D eigenvalue weighted by molar-refractivity contribution is 0.100. The summed E-state index contributed by atoms with van der Waals surface area (Å²) in [4.78, 5) is 31.5. The first-order valence-corrected chi connectivity index (χ1v) is 8.26. The molecule has 0 atom stereocenters. The summed E-state index contributed by atoms with van der Waals surface area (Å²) in [5.41, 5.74) is 6.58. The van der Waals surface area contributed by atoms with E-state index >= 15 is 0 Å². The second-order valence-electron chi connectivity index (χ2n) is 6.13. The van der Waals surface area contributed by atoms with E-state index < -0.39 is 11.7 Å². The average Bonchev–Trinajstić information content (AvgIpc) is 3.11. The summed E-state index contributed by atoms with van der Waals surface area (Å²) in [6, 6.07) is 4.37. The van der Waals surface area contributed by atoms with E-state index in [0.29, 0.717) is 54.7 Å². The van der Waals surface area contributed by atoms with E-state index in [1.807, 2.05) is 15.9 Å². The number of hydrogen-bond acceptors (Lipinski definition) is 7. The zero-order valence-electron chi connectivity index (χ0n) is 14.2. The summed E-state index contributed by atoms with van der Waals surface area (Å²) in [5, 5.41) is 8.82. The number of nitrogens with one attached hydrogen (secondary N) is 1. The molecule has 1 fully saturated rings. The second kappa shape index (κ2) is 6.53. The zero-order chi connectivity index (χ0) is 19.0. The van der Waals surface area contributed by atoms with Crippen molar-refractivity contribution in [2.75, 3.05) is 36.0 Å². The van der Waals surface area contributed by atoms with Crippen molar-refractivity contribution in [1.29, 1.82) is 5.26 Å². The van der Waals surface area contributed by atoms with Crippen molar-refractivity contribution < 1.29 is 9.18 Å². The van der Waals surface area contributed by atoms with Gasteiger partial charge >= 0.3 is 0 Å². The number of benzene rings is 1. The summed E-state index contributed by atoms with van der Waals surface area (Å²) in [7, 11) is 0. The number of anilines is 2. The predicted octanol–water partition coefficient (Wildman–Crippen LogP) is 0.789. The number of halogens is 1. The number of primary amides is 1. The molecule has 27 heavy (non-hydrogen) atoms. The Morgan fingerprint density at radius 1 is 1.19 bits per heavy atom. The minimum atomic E-state index is -0.722. The number of carbonyl (C=O) groups excluding carboxylic acids is 1. The number of rotatable bonds is 3. The average molecular weight is 366 g/mol. The fourth-order valence-electron chi connectivity index (χ4n) is 3.07. The normalized spacial score (nSPS) is 14.4. The molecule has 0 bridgehead atoms. The van der Waals surface area contributed by atoms with Crippen molar-refractivity contribution in [3.05, 3.63) is 41.5 Å². The van der Waals surface area contributed by atoms with Crippen LogP contribution < -0.4 is 15.5 Å². The molecule has 3 N–H and O–H groups in total. The smallest absolute Gasteiger partial charge is 0.251 e. The largest absolute Gasteiger partial charge is 0.366 e. The quantitative estimate of drug-likeness (QED) is 0.701. The van der Waals surface area contributed by atoms with Crippen LogP contribution in [0.4, 0.5) is 16.3 Å². The molecule has 9 nitrogen and oxygen atoms in total. The van der Waals surface area contributed by atoms with Crippen LogP contribution in [-0.2, 0) is 0 Å². The number of aromatic amines is 1. The number of fused-ring (bicyclic) bond motifs is 1. The molecule has 0 aliphatic carbocycles. The van der Waals surface area contributed by atoms with E-state index in [1.54, 1.807) is 0 Å². The zero-order valence-corrected chi connectivity index (χ0v) is 14.2. The molecule has 10 heteroatoms. The number of carbonyl (C=O) groups is 1. The van der Waals surface area contributed by atoms with Gasteiger partial charge in [0.2, 0.25) is 11.9 Å². The molecule has 1 saturated heterocycles. The molecule has 3 aromatic rings. The van der Waals surface area contributed by atoms with E-state index in [-0.39, 0.29) is 5.56 Å². The van der Waals surface area contributed by atoms with E-state index in [0.717, 1.165) is 6.07 Å². The Hall–Kier alpha value is -3.74. The maximum atomic E-state index is 13.7. The Kier molecular flexibility index (Phi) is 4.04.